The Bertz CT molecular complexity index is 338. The van der Waals surface area contributed by atoms with Crippen molar-refractivity contribution in [3.05, 3.63) is 59.3 Å². The van der Waals surface area contributed by atoms with Gasteiger partial charge in [-0.05, 0) is 29.8 Å². The number of hydrogen-bond donors (Lipinski definition) is 0. The number of halogens is 1. The monoisotopic (exact) mass is 192 g/mol. The van der Waals surface area contributed by atoms with Gasteiger partial charge < -0.3 is 4.74 Å². The minimum atomic E-state index is 0.0299. The van der Waals surface area contributed by atoms with E-state index >= 15 is 0 Å². The molecule has 0 N–H and O–H groups in total. The molecule has 0 fully saturated rings. The van der Waals surface area contributed by atoms with Gasteiger partial charge in [-0.15, -0.1) is 0 Å². The van der Waals surface area contributed by atoms with Crippen LogP contribution in [0.5, 0.6) is 0 Å². The molecule has 13 heavy (non-hydrogen) atoms. The summed E-state index contributed by atoms with van der Waals surface area (Å²) in [6.07, 6.45) is 7.57. The van der Waals surface area contributed by atoms with Crippen molar-refractivity contribution in [3.63, 3.8) is 0 Å². The highest BCUT2D eigenvalue weighted by Gasteiger charge is 2.08. The van der Waals surface area contributed by atoms with Gasteiger partial charge >= 0.3 is 0 Å². The van der Waals surface area contributed by atoms with Crippen molar-refractivity contribution in [2.75, 3.05) is 0 Å². The van der Waals surface area contributed by atoms with E-state index in [2.05, 4.69) is 0 Å². The molecule has 0 saturated heterocycles. The topological polar surface area (TPSA) is 9.23 Å². The summed E-state index contributed by atoms with van der Waals surface area (Å²) >= 11 is 5.78. The molecule has 1 aromatic rings. The summed E-state index contributed by atoms with van der Waals surface area (Å²) in [5.41, 5.74) is 1.12. The Morgan fingerprint density at radius 3 is 2.46 bits per heavy atom. The van der Waals surface area contributed by atoms with Crippen LogP contribution in [-0.4, -0.2) is 0 Å². The molecular formula is C11H9ClO. The molecule has 1 atom stereocenters. The zero-order valence-corrected chi connectivity index (χ0v) is 7.74. The molecular weight excluding hydrogens is 184 g/mol. The lowest BCUT2D eigenvalue weighted by Gasteiger charge is -2.14. The molecule has 1 aromatic carbocycles. The molecule has 2 rings (SSSR count). The van der Waals surface area contributed by atoms with Crippen LogP contribution >= 0.6 is 11.6 Å². The average molecular weight is 193 g/mol. The van der Waals surface area contributed by atoms with Crippen molar-refractivity contribution < 1.29 is 4.74 Å². The highest BCUT2D eigenvalue weighted by molar-refractivity contribution is 6.30. The second-order valence-corrected chi connectivity index (χ2v) is 3.26. The van der Waals surface area contributed by atoms with Crippen molar-refractivity contribution in [1.82, 2.24) is 0 Å². The Balaban J connectivity index is 2.21. The summed E-state index contributed by atoms with van der Waals surface area (Å²) < 4.78 is 5.39. The molecule has 1 heterocycles. The molecule has 66 valence electrons. The van der Waals surface area contributed by atoms with Crippen LogP contribution in [0.15, 0.2) is 48.8 Å². The Labute approximate surface area is 82.3 Å². The molecule has 0 spiro atoms. The van der Waals surface area contributed by atoms with E-state index in [1.807, 2.05) is 42.5 Å². The Kier molecular flexibility index (Phi) is 2.37. The summed E-state index contributed by atoms with van der Waals surface area (Å²) in [6, 6.07) is 7.67. The van der Waals surface area contributed by atoms with Gasteiger partial charge in [0.25, 0.3) is 0 Å². The van der Waals surface area contributed by atoms with Gasteiger partial charge in [0, 0.05) is 5.02 Å². The van der Waals surface area contributed by atoms with Gasteiger partial charge in [0.15, 0.2) is 0 Å². The summed E-state index contributed by atoms with van der Waals surface area (Å²) in [5.74, 6) is 0. The van der Waals surface area contributed by atoms with E-state index in [1.165, 1.54) is 0 Å². The largest absolute Gasteiger partial charge is 0.489 e. The zero-order valence-electron chi connectivity index (χ0n) is 6.98. The molecule has 0 radical (unpaired) electrons. The molecule has 1 aliphatic rings. The second kappa shape index (κ2) is 3.67. The van der Waals surface area contributed by atoms with Crippen molar-refractivity contribution in [3.8, 4) is 0 Å². The number of ether oxygens (including phenoxy) is 1. The van der Waals surface area contributed by atoms with Crippen LogP contribution in [0.25, 0.3) is 0 Å². The van der Waals surface area contributed by atoms with E-state index in [-0.39, 0.29) is 6.10 Å². The second-order valence-electron chi connectivity index (χ2n) is 2.82. The first-order chi connectivity index (χ1) is 6.36. The first-order valence-corrected chi connectivity index (χ1v) is 4.48. The van der Waals surface area contributed by atoms with E-state index in [0.717, 1.165) is 10.6 Å². The normalized spacial score (nSPS) is 19.9. The smallest absolute Gasteiger partial charge is 0.141 e. The predicted molar refractivity (Wildman–Crippen MR) is 53.6 cm³/mol. The summed E-state index contributed by atoms with van der Waals surface area (Å²) in [4.78, 5) is 0. The fourth-order valence-electron chi connectivity index (χ4n) is 1.23. The van der Waals surface area contributed by atoms with Crippen molar-refractivity contribution in [2.24, 2.45) is 0 Å². The van der Waals surface area contributed by atoms with Crippen LogP contribution in [-0.2, 0) is 4.74 Å². The van der Waals surface area contributed by atoms with E-state index in [0.29, 0.717) is 0 Å². The lowest BCUT2D eigenvalue weighted by atomic mass is 10.1. The first-order valence-electron chi connectivity index (χ1n) is 4.10. The third kappa shape index (κ3) is 1.93. The fourth-order valence-corrected chi connectivity index (χ4v) is 1.35. The van der Waals surface area contributed by atoms with Crippen molar-refractivity contribution in [1.29, 1.82) is 0 Å². The Morgan fingerprint density at radius 2 is 1.85 bits per heavy atom. The summed E-state index contributed by atoms with van der Waals surface area (Å²) in [5, 5.41) is 0.749. The van der Waals surface area contributed by atoms with Gasteiger partial charge in [-0.2, -0.15) is 0 Å². The molecule has 1 nitrogen and oxygen atoms in total. The quantitative estimate of drug-likeness (QED) is 0.662. The lowest BCUT2D eigenvalue weighted by molar-refractivity contribution is 0.186. The molecule has 2 heteroatoms. The van der Waals surface area contributed by atoms with Gasteiger partial charge in [0.05, 0.1) is 6.26 Å². The van der Waals surface area contributed by atoms with Gasteiger partial charge in [-0.3, -0.25) is 0 Å². The minimum Gasteiger partial charge on any atom is -0.489 e. The fraction of sp³-hybridized carbons (Fsp3) is 0.0909. The van der Waals surface area contributed by atoms with Crippen LogP contribution in [0, 0.1) is 0 Å². The summed E-state index contributed by atoms with van der Waals surface area (Å²) in [6.45, 7) is 0. The number of hydrogen-bond acceptors (Lipinski definition) is 1. The highest BCUT2D eigenvalue weighted by Crippen LogP contribution is 2.23. The average Bonchev–Trinajstić information content (AvgIpc) is 2.20. The van der Waals surface area contributed by atoms with Gasteiger partial charge in [-0.1, -0.05) is 29.8 Å². The Morgan fingerprint density at radius 1 is 1.08 bits per heavy atom. The van der Waals surface area contributed by atoms with Crippen molar-refractivity contribution >= 4 is 11.6 Å². The van der Waals surface area contributed by atoms with Crippen molar-refractivity contribution in [2.45, 2.75) is 6.10 Å². The first kappa shape index (κ1) is 8.39. The van der Waals surface area contributed by atoms with Gasteiger partial charge in [-0.25, -0.2) is 0 Å². The lowest BCUT2D eigenvalue weighted by Crippen LogP contribution is -1.98. The van der Waals surface area contributed by atoms with Crippen LogP contribution in [0.1, 0.15) is 11.7 Å². The maximum atomic E-state index is 5.78. The summed E-state index contributed by atoms with van der Waals surface area (Å²) in [7, 11) is 0. The minimum absolute atomic E-state index is 0.0299. The highest BCUT2D eigenvalue weighted by atomic mass is 35.5. The van der Waals surface area contributed by atoms with E-state index in [9.17, 15) is 0 Å². The van der Waals surface area contributed by atoms with E-state index in [1.54, 1.807) is 6.26 Å². The Hall–Kier alpha value is -1.21. The number of rotatable bonds is 1. The van der Waals surface area contributed by atoms with E-state index < -0.39 is 0 Å². The zero-order chi connectivity index (χ0) is 9.10. The maximum Gasteiger partial charge on any atom is 0.141 e. The molecule has 0 aromatic heterocycles. The maximum absolute atomic E-state index is 5.78. The van der Waals surface area contributed by atoms with Crippen LogP contribution in [0.3, 0.4) is 0 Å². The number of benzene rings is 1. The predicted octanol–water partition coefficient (Wildman–Crippen LogP) is 3.48. The van der Waals surface area contributed by atoms with Gasteiger partial charge in [0.2, 0.25) is 0 Å². The number of allylic oxidation sites excluding steroid dienone is 2. The molecule has 1 aliphatic heterocycles. The standard InChI is InChI=1S/C11H9ClO/c12-10-6-4-9(5-7-10)11-3-1-2-8-13-11/h1-8,11H. The molecule has 1 unspecified atom stereocenters. The van der Waals surface area contributed by atoms with Crippen LogP contribution in [0.2, 0.25) is 5.02 Å². The molecule has 0 aliphatic carbocycles. The molecule has 0 amide bonds. The third-order valence-electron chi connectivity index (χ3n) is 1.90. The molecule has 0 saturated carbocycles. The van der Waals surface area contributed by atoms with E-state index in [4.69, 9.17) is 16.3 Å². The SMILES string of the molecule is Clc1ccc(C2C=CC=CO2)cc1. The van der Waals surface area contributed by atoms with Crippen LogP contribution < -0.4 is 0 Å². The van der Waals surface area contributed by atoms with Crippen LogP contribution in [0.4, 0.5) is 0 Å². The molecule has 0 bridgehead atoms. The third-order valence-corrected chi connectivity index (χ3v) is 2.15. The van der Waals surface area contributed by atoms with Gasteiger partial charge in [0.1, 0.15) is 6.10 Å².